The Labute approximate surface area is 155 Å². The number of piperidine rings is 1. The third kappa shape index (κ3) is 5.19. The highest BCUT2D eigenvalue weighted by Crippen LogP contribution is 2.26. The largest absolute Gasteiger partial charge is 0.326 e. The van der Waals surface area contributed by atoms with Gasteiger partial charge >= 0.3 is 0 Å². The number of carbonyl (C=O) groups excluding carboxylic acids is 2. The maximum atomic E-state index is 12.4. The molecule has 0 aromatic heterocycles. The van der Waals surface area contributed by atoms with Gasteiger partial charge in [0.05, 0.1) is 0 Å². The molecule has 2 fully saturated rings. The van der Waals surface area contributed by atoms with Gasteiger partial charge in [0, 0.05) is 30.8 Å². The first-order valence-corrected chi connectivity index (χ1v) is 9.04. The molecule has 2 saturated heterocycles. The van der Waals surface area contributed by atoms with E-state index in [0.29, 0.717) is 24.7 Å². The van der Waals surface area contributed by atoms with Crippen molar-refractivity contribution in [3.05, 3.63) is 24.3 Å². The molecule has 2 amide bonds. The van der Waals surface area contributed by atoms with Crippen LogP contribution in [0.1, 0.15) is 39.0 Å². The maximum absolute atomic E-state index is 12.4. The third-order valence-corrected chi connectivity index (χ3v) is 5.16. The number of carbonyl (C=O) groups is 2. The first-order chi connectivity index (χ1) is 11.6. The molecule has 0 bridgehead atoms. The molecule has 3 rings (SSSR count). The molecule has 2 atom stereocenters. The van der Waals surface area contributed by atoms with Gasteiger partial charge in [-0.2, -0.15) is 0 Å². The summed E-state index contributed by atoms with van der Waals surface area (Å²) in [6.07, 6.45) is 4.46. The van der Waals surface area contributed by atoms with Gasteiger partial charge < -0.3 is 15.5 Å². The van der Waals surface area contributed by atoms with Gasteiger partial charge in [0.25, 0.3) is 0 Å². The molecule has 0 aliphatic carbocycles. The van der Waals surface area contributed by atoms with Crippen LogP contribution in [0.25, 0.3) is 0 Å². The van der Waals surface area contributed by atoms with Crippen molar-refractivity contribution in [3.63, 3.8) is 0 Å². The second kappa shape index (κ2) is 9.20. The summed E-state index contributed by atoms with van der Waals surface area (Å²) in [6, 6.07) is 7.60. The highest BCUT2D eigenvalue weighted by Gasteiger charge is 2.23. The zero-order valence-corrected chi connectivity index (χ0v) is 15.6. The quantitative estimate of drug-likeness (QED) is 0.842. The van der Waals surface area contributed by atoms with Crippen LogP contribution >= 0.6 is 12.4 Å². The van der Waals surface area contributed by atoms with Crippen molar-refractivity contribution < 1.29 is 9.59 Å². The Morgan fingerprint density at radius 1 is 1.40 bits per heavy atom. The molecule has 1 aromatic carbocycles. The molecule has 0 saturated carbocycles. The minimum Gasteiger partial charge on any atom is -0.326 e. The normalized spacial score (nSPS) is 21.6. The van der Waals surface area contributed by atoms with Crippen molar-refractivity contribution in [2.45, 2.75) is 39.0 Å². The zero-order chi connectivity index (χ0) is 16.9. The average molecular weight is 366 g/mol. The standard InChI is InChI=1S/C19H27N3O2.ClH/c1-14(15-5-3-9-20-13-15)11-18(23)21-16-6-2-7-17(12-16)22-10-4-8-19(22)24;/h2,6-7,12,14-15,20H,3-5,8-11,13H2,1H3,(H,21,23);1H. The SMILES string of the molecule is CC(CC(=O)Nc1cccc(N2CCCC2=O)c1)C1CCCNC1.Cl. The van der Waals surface area contributed by atoms with Crippen LogP contribution in [0, 0.1) is 11.8 Å². The van der Waals surface area contributed by atoms with Gasteiger partial charge in [0.15, 0.2) is 0 Å². The van der Waals surface area contributed by atoms with Crippen LogP contribution in [0.4, 0.5) is 11.4 Å². The van der Waals surface area contributed by atoms with E-state index in [1.165, 1.54) is 12.8 Å². The highest BCUT2D eigenvalue weighted by molar-refractivity contribution is 5.97. The number of rotatable bonds is 5. The number of amides is 2. The van der Waals surface area contributed by atoms with Crippen molar-refractivity contribution >= 4 is 35.6 Å². The lowest BCUT2D eigenvalue weighted by atomic mass is 9.85. The van der Waals surface area contributed by atoms with E-state index in [1.807, 2.05) is 24.3 Å². The van der Waals surface area contributed by atoms with Gasteiger partial charge in [-0.05, 0) is 62.4 Å². The van der Waals surface area contributed by atoms with E-state index in [1.54, 1.807) is 4.90 Å². The van der Waals surface area contributed by atoms with Crippen LogP contribution in [0.5, 0.6) is 0 Å². The van der Waals surface area contributed by atoms with Crippen molar-refractivity contribution in [3.8, 4) is 0 Å². The Morgan fingerprint density at radius 2 is 2.24 bits per heavy atom. The van der Waals surface area contributed by atoms with Gasteiger partial charge in [-0.25, -0.2) is 0 Å². The van der Waals surface area contributed by atoms with Crippen LogP contribution in [-0.4, -0.2) is 31.4 Å². The van der Waals surface area contributed by atoms with Crippen LogP contribution < -0.4 is 15.5 Å². The number of benzene rings is 1. The Bertz CT molecular complexity index is 602. The lowest BCUT2D eigenvalue weighted by molar-refractivity contribution is -0.118. The summed E-state index contributed by atoms with van der Waals surface area (Å²) in [5.74, 6) is 1.18. The molecule has 2 aliphatic heterocycles. The Kier molecular flexibility index (Phi) is 7.26. The zero-order valence-electron chi connectivity index (χ0n) is 14.8. The van der Waals surface area contributed by atoms with Crippen molar-refractivity contribution in [2.24, 2.45) is 11.8 Å². The second-order valence-corrected chi connectivity index (χ2v) is 7.04. The maximum Gasteiger partial charge on any atom is 0.227 e. The molecule has 2 unspecified atom stereocenters. The van der Waals surface area contributed by atoms with E-state index in [0.717, 1.165) is 37.4 Å². The van der Waals surface area contributed by atoms with Crippen LogP contribution in [0.3, 0.4) is 0 Å². The fraction of sp³-hybridized carbons (Fsp3) is 0.579. The summed E-state index contributed by atoms with van der Waals surface area (Å²) in [5, 5.41) is 6.41. The molecule has 2 heterocycles. The molecule has 5 nitrogen and oxygen atoms in total. The lowest BCUT2D eigenvalue weighted by Gasteiger charge is -2.28. The average Bonchev–Trinajstić information content (AvgIpc) is 3.02. The first kappa shape index (κ1) is 19.7. The predicted molar refractivity (Wildman–Crippen MR) is 103 cm³/mol. The van der Waals surface area contributed by atoms with Crippen LogP contribution in [-0.2, 0) is 9.59 Å². The Morgan fingerprint density at radius 3 is 2.92 bits per heavy atom. The first-order valence-electron chi connectivity index (χ1n) is 9.04. The molecule has 6 heteroatoms. The summed E-state index contributed by atoms with van der Waals surface area (Å²) in [6.45, 7) is 5.04. The smallest absolute Gasteiger partial charge is 0.227 e. The van der Waals surface area contributed by atoms with E-state index in [-0.39, 0.29) is 24.2 Å². The minimum atomic E-state index is 0. The number of nitrogens with zero attached hydrogens (tertiary/aromatic N) is 1. The number of anilines is 2. The monoisotopic (exact) mass is 365 g/mol. The topological polar surface area (TPSA) is 61.4 Å². The van der Waals surface area contributed by atoms with Crippen molar-refractivity contribution in [1.29, 1.82) is 0 Å². The van der Waals surface area contributed by atoms with Crippen LogP contribution in [0.15, 0.2) is 24.3 Å². The predicted octanol–water partition coefficient (Wildman–Crippen LogP) is 3.20. The molecule has 2 N–H and O–H groups in total. The van der Waals surface area contributed by atoms with Crippen molar-refractivity contribution in [2.75, 3.05) is 29.9 Å². The molecule has 25 heavy (non-hydrogen) atoms. The molecule has 0 radical (unpaired) electrons. The summed E-state index contributed by atoms with van der Waals surface area (Å²) in [4.78, 5) is 26.0. The number of nitrogens with one attached hydrogen (secondary N) is 2. The fourth-order valence-corrected chi connectivity index (χ4v) is 3.71. The van der Waals surface area contributed by atoms with E-state index in [4.69, 9.17) is 0 Å². The Balaban J connectivity index is 0.00000225. The van der Waals surface area contributed by atoms with Gasteiger partial charge in [0.2, 0.25) is 11.8 Å². The molecular formula is C19H28ClN3O2. The third-order valence-electron chi connectivity index (χ3n) is 5.16. The number of hydrogen-bond donors (Lipinski definition) is 2. The minimum absolute atomic E-state index is 0. The molecule has 2 aliphatic rings. The summed E-state index contributed by atoms with van der Waals surface area (Å²) < 4.78 is 0. The van der Waals surface area contributed by atoms with Gasteiger partial charge in [0.1, 0.15) is 0 Å². The van der Waals surface area contributed by atoms with Gasteiger partial charge in [-0.15, -0.1) is 12.4 Å². The second-order valence-electron chi connectivity index (χ2n) is 7.04. The lowest BCUT2D eigenvalue weighted by Crippen LogP contribution is -2.34. The van der Waals surface area contributed by atoms with Crippen LogP contribution in [0.2, 0.25) is 0 Å². The molecular weight excluding hydrogens is 338 g/mol. The Hall–Kier alpha value is -1.59. The molecule has 1 aromatic rings. The van der Waals surface area contributed by atoms with E-state index in [2.05, 4.69) is 17.6 Å². The number of hydrogen-bond acceptors (Lipinski definition) is 3. The van der Waals surface area contributed by atoms with E-state index >= 15 is 0 Å². The van der Waals surface area contributed by atoms with E-state index in [9.17, 15) is 9.59 Å². The van der Waals surface area contributed by atoms with Crippen molar-refractivity contribution in [1.82, 2.24) is 5.32 Å². The summed E-state index contributed by atoms with van der Waals surface area (Å²) in [5.41, 5.74) is 1.64. The van der Waals surface area contributed by atoms with E-state index < -0.39 is 0 Å². The fourth-order valence-electron chi connectivity index (χ4n) is 3.71. The molecule has 138 valence electrons. The summed E-state index contributed by atoms with van der Waals surface area (Å²) >= 11 is 0. The van der Waals surface area contributed by atoms with Gasteiger partial charge in [-0.1, -0.05) is 13.0 Å². The van der Waals surface area contributed by atoms with Gasteiger partial charge in [-0.3, -0.25) is 9.59 Å². The molecule has 0 spiro atoms. The highest BCUT2D eigenvalue weighted by atomic mass is 35.5. The summed E-state index contributed by atoms with van der Waals surface area (Å²) in [7, 11) is 0. The number of halogens is 1.